The third-order valence-corrected chi connectivity index (χ3v) is 1.78. The minimum atomic E-state index is -0.505. The van der Waals surface area contributed by atoms with Crippen molar-refractivity contribution >= 4 is 16.9 Å². The van der Waals surface area contributed by atoms with Gasteiger partial charge in [0.2, 0.25) is 0 Å². The highest BCUT2D eigenvalue weighted by Gasteiger charge is 2.09. The van der Waals surface area contributed by atoms with Crippen LogP contribution in [0.4, 0.5) is 5.69 Å². The topological polar surface area (TPSA) is 111 Å². The van der Waals surface area contributed by atoms with E-state index in [1.54, 1.807) is 0 Å². The second-order valence-corrected chi connectivity index (χ2v) is 2.71. The molecule has 0 saturated carbocycles. The highest BCUT2D eigenvalue weighted by Crippen LogP contribution is 2.15. The summed E-state index contributed by atoms with van der Waals surface area (Å²) in [4.78, 5) is 20.6. The molecule has 3 N–H and O–H groups in total. The lowest BCUT2D eigenvalue weighted by atomic mass is 10.4. The van der Waals surface area contributed by atoms with Crippen LogP contribution in [0.15, 0.2) is 12.3 Å². The molecule has 0 aromatic carbocycles. The number of H-pyrrole nitrogens is 1. The lowest BCUT2D eigenvalue weighted by Gasteiger charge is -1.88. The molecule has 7 nitrogen and oxygen atoms in total. The number of fused-ring (bicyclic) bond motifs is 1. The molecule has 0 radical (unpaired) electrons. The van der Waals surface area contributed by atoms with Gasteiger partial charge in [0.1, 0.15) is 12.0 Å². The van der Waals surface area contributed by atoms with Gasteiger partial charge in [-0.25, -0.2) is 9.97 Å². The Kier molecular flexibility index (Phi) is 1.86. The number of nitrogens with one attached hydrogen (secondary N) is 1. The Morgan fingerprint density at radius 2 is 2.43 bits per heavy atom. The number of nitrogens with zero attached hydrogens (tertiary/aromatic N) is 3. The Labute approximate surface area is 78.1 Å². The number of aromatic nitrogens is 3. The lowest BCUT2D eigenvalue weighted by Crippen LogP contribution is -1.97. The van der Waals surface area contributed by atoms with Crippen molar-refractivity contribution in [3.05, 3.63) is 28.2 Å². The number of imidazole rings is 1. The first-order valence-corrected chi connectivity index (χ1v) is 3.90. The molecule has 2 heterocycles. The Bertz CT molecular complexity index is 492. The summed E-state index contributed by atoms with van der Waals surface area (Å²) in [6, 6.07) is 1.38. The third-order valence-electron chi connectivity index (χ3n) is 1.78. The Morgan fingerprint density at radius 1 is 1.64 bits per heavy atom. The minimum absolute atomic E-state index is 0.0651. The predicted octanol–water partition coefficient (Wildman–Crippen LogP) is 0.325. The van der Waals surface area contributed by atoms with Crippen molar-refractivity contribution in [1.29, 1.82) is 0 Å². The molecule has 0 fully saturated rings. The standard InChI is InChI=1S/C7H7N5O2/c8-2-6-10-5-1-4(12(13)14)3-9-7(5)11-6/h1,3H,2,8H2,(H,9,10,11). The average molecular weight is 193 g/mol. The van der Waals surface area contributed by atoms with Gasteiger partial charge < -0.3 is 10.7 Å². The smallest absolute Gasteiger partial charge is 0.289 e. The van der Waals surface area contributed by atoms with Crippen molar-refractivity contribution < 1.29 is 4.92 Å². The van der Waals surface area contributed by atoms with Crippen LogP contribution in [0, 0.1) is 10.1 Å². The molecule has 0 amide bonds. The normalized spacial score (nSPS) is 10.6. The van der Waals surface area contributed by atoms with Gasteiger partial charge in [0.25, 0.3) is 5.69 Å². The van der Waals surface area contributed by atoms with Gasteiger partial charge in [-0.3, -0.25) is 10.1 Å². The van der Waals surface area contributed by atoms with Crippen LogP contribution >= 0.6 is 0 Å². The minimum Gasteiger partial charge on any atom is -0.339 e. The molecule has 0 spiro atoms. The predicted molar refractivity (Wildman–Crippen MR) is 48.4 cm³/mol. The molecule has 0 aliphatic heterocycles. The van der Waals surface area contributed by atoms with Gasteiger partial charge >= 0.3 is 0 Å². The van der Waals surface area contributed by atoms with Gasteiger partial charge in [-0.15, -0.1) is 0 Å². The molecule has 2 rings (SSSR count). The van der Waals surface area contributed by atoms with Crippen LogP contribution in [0.1, 0.15) is 5.82 Å². The summed E-state index contributed by atoms with van der Waals surface area (Å²) in [5.41, 5.74) is 6.26. The van der Waals surface area contributed by atoms with Gasteiger partial charge in [0.05, 0.1) is 17.0 Å². The van der Waals surface area contributed by atoms with Crippen LogP contribution in [0.5, 0.6) is 0 Å². The van der Waals surface area contributed by atoms with Crippen molar-refractivity contribution in [3.63, 3.8) is 0 Å². The molecule has 0 atom stereocenters. The first kappa shape index (κ1) is 8.57. The van der Waals surface area contributed by atoms with E-state index in [0.717, 1.165) is 0 Å². The van der Waals surface area contributed by atoms with Crippen LogP contribution in [0.2, 0.25) is 0 Å². The highest BCUT2D eigenvalue weighted by molar-refractivity contribution is 5.72. The summed E-state index contributed by atoms with van der Waals surface area (Å²) in [5.74, 6) is 0.563. The summed E-state index contributed by atoms with van der Waals surface area (Å²) < 4.78 is 0. The largest absolute Gasteiger partial charge is 0.339 e. The summed E-state index contributed by atoms with van der Waals surface area (Å²) >= 11 is 0. The molecule has 7 heteroatoms. The number of rotatable bonds is 2. The molecule has 2 aromatic heterocycles. The van der Waals surface area contributed by atoms with Gasteiger partial charge in [0, 0.05) is 6.07 Å². The highest BCUT2D eigenvalue weighted by atomic mass is 16.6. The van der Waals surface area contributed by atoms with Crippen molar-refractivity contribution in [1.82, 2.24) is 15.0 Å². The fourth-order valence-electron chi connectivity index (χ4n) is 1.14. The number of hydrogen-bond donors (Lipinski definition) is 2. The summed E-state index contributed by atoms with van der Waals surface area (Å²) in [5, 5.41) is 10.4. The number of nitro groups is 1. The molecule has 0 saturated heterocycles. The van der Waals surface area contributed by atoms with Gasteiger partial charge in [-0.1, -0.05) is 0 Å². The maximum absolute atomic E-state index is 10.4. The summed E-state index contributed by atoms with van der Waals surface area (Å²) in [7, 11) is 0. The monoisotopic (exact) mass is 193 g/mol. The fourth-order valence-corrected chi connectivity index (χ4v) is 1.14. The Morgan fingerprint density at radius 3 is 3.07 bits per heavy atom. The second-order valence-electron chi connectivity index (χ2n) is 2.71. The SMILES string of the molecule is NCc1nc2ncc([N+](=O)[O-])cc2[nH]1. The number of hydrogen-bond acceptors (Lipinski definition) is 5. The van der Waals surface area contributed by atoms with Crippen LogP contribution in [-0.4, -0.2) is 19.9 Å². The van der Waals surface area contributed by atoms with E-state index in [9.17, 15) is 10.1 Å². The van der Waals surface area contributed by atoms with Crippen molar-refractivity contribution in [2.24, 2.45) is 5.73 Å². The van der Waals surface area contributed by atoms with Crippen molar-refractivity contribution in [3.8, 4) is 0 Å². The molecule has 2 aromatic rings. The van der Waals surface area contributed by atoms with E-state index in [2.05, 4.69) is 15.0 Å². The zero-order valence-electron chi connectivity index (χ0n) is 7.10. The summed E-state index contributed by atoms with van der Waals surface area (Å²) in [6.07, 6.45) is 1.17. The molecule has 0 aliphatic rings. The fraction of sp³-hybridized carbons (Fsp3) is 0.143. The number of pyridine rings is 1. The molecular weight excluding hydrogens is 186 g/mol. The molecule has 14 heavy (non-hydrogen) atoms. The van der Waals surface area contributed by atoms with E-state index in [1.807, 2.05) is 0 Å². The number of nitrogens with two attached hydrogens (primary N) is 1. The van der Waals surface area contributed by atoms with E-state index in [0.29, 0.717) is 17.0 Å². The summed E-state index contributed by atoms with van der Waals surface area (Å²) in [6.45, 7) is 0.254. The van der Waals surface area contributed by atoms with E-state index in [1.165, 1.54) is 12.3 Å². The zero-order valence-corrected chi connectivity index (χ0v) is 7.10. The maximum atomic E-state index is 10.4. The average Bonchev–Trinajstić information content (AvgIpc) is 2.58. The van der Waals surface area contributed by atoms with E-state index < -0.39 is 4.92 Å². The van der Waals surface area contributed by atoms with Gasteiger partial charge in [0.15, 0.2) is 5.65 Å². The molecular formula is C7H7N5O2. The quantitative estimate of drug-likeness (QED) is 0.527. The van der Waals surface area contributed by atoms with E-state index in [4.69, 9.17) is 5.73 Å². The maximum Gasteiger partial charge on any atom is 0.289 e. The molecule has 0 unspecified atom stereocenters. The van der Waals surface area contributed by atoms with E-state index >= 15 is 0 Å². The van der Waals surface area contributed by atoms with E-state index in [-0.39, 0.29) is 12.2 Å². The first-order chi connectivity index (χ1) is 6.70. The van der Waals surface area contributed by atoms with Crippen LogP contribution < -0.4 is 5.73 Å². The molecule has 0 aliphatic carbocycles. The van der Waals surface area contributed by atoms with Gasteiger partial charge in [-0.2, -0.15) is 0 Å². The van der Waals surface area contributed by atoms with Crippen LogP contribution in [0.25, 0.3) is 11.2 Å². The Hall–Kier alpha value is -2.02. The van der Waals surface area contributed by atoms with Crippen LogP contribution in [-0.2, 0) is 6.54 Å². The molecule has 72 valence electrons. The van der Waals surface area contributed by atoms with Crippen molar-refractivity contribution in [2.75, 3.05) is 0 Å². The number of aromatic amines is 1. The molecule has 0 bridgehead atoms. The third kappa shape index (κ3) is 1.29. The Balaban J connectivity index is 2.59. The van der Waals surface area contributed by atoms with Crippen LogP contribution in [0.3, 0.4) is 0 Å². The van der Waals surface area contributed by atoms with Gasteiger partial charge in [-0.05, 0) is 0 Å². The zero-order chi connectivity index (χ0) is 10.1. The lowest BCUT2D eigenvalue weighted by molar-refractivity contribution is -0.385. The second kappa shape index (κ2) is 3.04. The first-order valence-electron chi connectivity index (χ1n) is 3.90. The van der Waals surface area contributed by atoms with Crippen molar-refractivity contribution in [2.45, 2.75) is 6.54 Å².